The number of rotatable bonds is 57. The predicted octanol–water partition coefficient (Wildman–Crippen LogP) is 20.8. The predicted molar refractivity (Wildman–Crippen MR) is 302 cm³/mol. The Morgan fingerprint density at radius 3 is 0.800 bits per heavy atom. The number of allylic oxidation sites excluding steroid dienone is 6. The second-order valence-electron chi connectivity index (χ2n) is 21.0. The van der Waals surface area contributed by atoms with Gasteiger partial charge >= 0.3 is 17.9 Å². The highest BCUT2D eigenvalue weighted by molar-refractivity contribution is 5.71. The topological polar surface area (TPSA) is 78.9 Å². The highest BCUT2D eigenvalue weighted by atomic mass is 16.6. The molecule has 0 N–H and O–H groups in total. The maximum atomic E-state index is 12.9. The lowest BCUT2D eigenvalue weighted by Crippen LogP contribution is -2.30. The third-order valence-corrected chi connectivity index (χ3v) is 13.9. The molecule has 0 aliphatic carbocycles. The summed E-state index contributed by atoms with van der Waals surface area (Å²) in [4.78, 5) is 38.2. The highest BCUT2D eigenvalue weighted by Crippen LogP contribution is 2.17. The SMILES string of the molecule is CCCCCCC/C=C\C/C=C\C/C=C\CCCCCCCCC(=O)OCC(COC(=O)CCCCCCCCCCCCCCCCC)OC(=O)CCCCCCCCCCCCCCCCCC. The summed E-state index contributed by atoms with van der Waals surface area (Å²) in [5.74, 6) is -0.860. The number of hydrogen-bond donors (Lipinski definition) is 0. The van der Waals surface area contributed by atoms with Gasteiger partial charge in [-0.05, 0) is 57.8 Å². The first-order valence-corrected chi connectivity index (χ1v) is 31.0. The number of carbonyl (C=O) groups excluding carboxylic acids is 3. The molecule has 70 heavy (non-hydrogen) atoms. The van der Waals surface area contributed by atoms with Crippen LogP contribution in [0.5, 0.6) is 0 Å². The van der Waals surface area contributed by atoms with Crippen LogP contribution < -0.4 is 0 Å². The van der Waals surface area contributed by atoms with Crippen molar-refractivity contribution >= 4 is 17.9 Å². The molecule has 0 saturated carbocycles. The van der Waals surface area contributed by atoms with Gasteiger partial charge in [-0.1, -0.05) is 295 Å². The number of hydrogen-bond acceptors (Lipinski definition) is 6. The molecule has 410 valence electrons. The van der Waals surface area contributed by atoms with Crippen molar-refractivity contribution in [2.45, 2.75) is 341 Å². The lowest BCUT2D eigenvalue weighted by atomic mass is 10.0. The van der Waals surface area contributed by atoms with Gasteiger partial charge in [0, 0.05) is 19.3 Å². The van der Waals surface area contributed by atoms with E-state index in [2.05, 4.69) is 57.2 Å². The molecule has 0 spiro atoms. The summed E-state index contributed by atoms with van der Waals surface area (Å²) in [6.07, 6.45) is 71.4. The van der Waals surface area contributed by atoms with Gasteiger partial charge in [0.25, 0.3) is 0 Å². The summed E-state index contributed by atoms with van der Waals surface area (Å²) < 4.78 is 16.9. The van der Waals surface area contributed by atoms with E-state index in [4.69, 9.17) is 14.2 Å². The lowest BCUT2D eigenvalue weighted by Gasteiger charge is -2.18. The molecular formula is C64H118O6. The second kappa shape index (κ2) is 59.2. The van der Waals surface area contributed by atoms with Crippen LogP contribution in [0.25, 0.3) is 0 Å². The van der Waals surface area contributed by atoms with E-state index >= 15 is 0 Å². The van der Waals surface area contributed by atoms with Crippen molar-refractivity contribution in [3.8, 4) is 0 Å². The molecule has 0 saturated heterocycles. The monoisotopic (exact) mass is 983 g/mol. The van der Waals surface area contributed by atoms with Crippen molar-refractivity contribution in [2.75, 3.05) is 13.2 Å². The minimum absolute atomic E-state index is 0.0710. The Morgan fingerprint density at radius 1 is 0.286 bits per heavy atom. The van der Waals surface area contributed by atoms with Gasteiger partial charge < -0.3 is 14.2 Å². The zero-order valence-corrected chi connectivity index (χ0v) is 47.1. The molecule has 0 radical (unpaired) electrons. The zero-order valence-electron chi connectivity index (χ0n) is 47.1. The minimum atomic E-state index is -0.774. The molecule has 0 aromatic heterocycles. The van der Waals surface area contributed by atoms with Crippen LogP contribution in [0.3, 0.4) is 0 Å². The molecule has 0 bridgehead atoms. The first-order valence-electron chi connectivity index (χ1n) is 31.0. The van der Waals surface area contributed by atoms with Crippen LogP contribution in [-0.4, -0.2) is 37.2 Å². The molecule has 0 fully saturated rings. The highest BCUT2D eigenvalue weighted by Gasteiger charge is 2.19. The summed E-state index contributed by atoms with van der Waals surface area (Å²) in [5.41, 5.74) is 0. The van der Waals surface area contributed by atoms with Crippen molar-refractivity contribution in [1.29, 1.82) is 0 Å². The van der Waals surface area contributed by atoms with Gasteiger partial charge in [0.1, 0.15) is 13.2 Å². The summed E-state index contributed by atoms with van der Waals surface area (Å²) in [7, 11) is 0. The van der Waals surface area contributed by atoms with Crippen LogP contribution in [0, 0.1) is 0 Å². The Kier molecular flexibility index (Phi) is 57.2. The fourth-order valence-electron chi connectivity index (χ4n) is 9.22. The maximum Gasteiger partial charge on any atom is 0.306 e. The first kappa shape index (κ1) is 67.6. The Bertz CT molecular complexity index is 1170. The molecule has 6 nitrogen and oxygen atoms in total. The minimum Gasteiger partial charge on any atom is -0.462 e. The van der Waals surface area contributed by atoms with Crippen molar-refractivity contribution in [3.63, 3.8) is 0 Å². The van der Waals surface area contributed by atoms with Gasteiger partial charge in [-0.3, -0.25) is 14.4 Å². The van der Waals surface area contributed by atoms with Crippen LogP contribution in [0.2, 0.25) is 0 Å². The smallest absolute Gasteiger partial charge is 0.306 e. The third kappa shape index (κ3) is 56.5. The molecule has 0 aliphatic heterocycles. The van der Waals surface area contributed by atoms with E-state index in [1.165, 1.54) is 218 Å². The largest absolute Gasteiger partial charge is 0.462 e. The van der Waals surface area contributed by atoms with E-state index in [0.717, 1.165) is 77.0 Å². The molecule has 0 aromatic carbocycles. The first-order chi connectivity index (χ1) is 34.5. The molecule has 0 amide bonds. The van der Waals surface area contributed by atoms with Crippen LogP contribution in [0.15, 0.2) is 36.5 Å². The third-order valence-electron chi connectivity index (χ3n) is 13.9. The van der Waals surface area contributed by atoms with Crippen molar-refractivity contribution in [2.24, 2.45) is 0 Å². The molecular weight excluding hydrogens is 865 g/mol. The normalized spacial score (nSPS) is 12.2. The van der Waals surface area contributed by atoms with Crippen molar-refractivity contribution < 1.29 is 28.6 Å². The molecule has 0 aliphatic rings. The summed E-state index contributed by atoms with van der Waals surface area (Å²) in [5, 5.41) is 0. The quantitative estimate of drug-likeness (QED) is 0.0261. The number of carbonyl (C=O) groups is 3. The van der Waals surface area contributed by atoms with Crippen LogP contribution in [-0.2, 0) is 28.6 Å². The van der Waals surface area contributed by atoms with E-state index in [1.807, 2.05) is 0 Å². The van der Waals surface area contributed by atoms with Crippen molar-refractivity contribution in [3.05, 3.63) is 36.5 Å². The van der Waals surface area contributed by atoms with Gasteiger partial charge in [0.05, 0.1) is 0 Å². The van der Waals surface area contributed by atoms with Crippen LogP contribution in [0.1, 0.15) is 335 Å². The molecule has 6 heteroatoms. The van der Waals surface area contributed by atoms with E-state index in [-0.39, 0.29) is 31.1 Å². The van der Waals surface area contributed by atoms with E-state index in [9.17, 15) is 14.4 Å². The van der Waals surface area contributed by atoms with E-state index in [0.29, 0.717) is 19.3 Å². The second-order valence-corrected chi connectivity index (χ2v) is 21.0. The maximum absolute atomic E-state index is 12.9. The molecule has 0 rings (SSSR count). The molecule has 0 heterocycles. The molecule has 1 unspecified atom stereocenters. The summed E-state index contributed by atoms with van der Waals surface area (Å²) in [6.45, 7) is 6.67. The summed E-state index contributed by atoms with van der Waals surface area (Å²) >= 11 is 0. The number of unbranched alkanes of at least 4 members (excludes halogenated alkanes) is 40. The molecule has 1 atom stereocenters. The zero-order chi connectivity index (χ0) is 50.7. The van der Waals surface area contributed by atoms with Gasteiger partial charge in [0.15, 0.2) is 6.10 Å². The van der Waals surface area contributed by atoms with Gasteiger partial charge in [-0.25, -0.2) is 0 Å². The van der Waals surface area contributed by atoms with Gasteiger partial charge in [-0.15, -0.1) is 0 Å². The fraction of sp³-hybridized carbons (Fsp3) is 0.859. The lowest BCUT2D eigenvalue weighted by molar-refractivity contribution is -0.167. The van der Waals surface area contributed by atoms with Gasteiger partial charge in [-0.2, -0.15) is 0 Å². The Labute approximate surface area is 435 Å². The number of ether oxygens (including phenoxy) is 3. The van der Waals surface area contributed by atoms with Crippen LogP contribution >= 0.6 is 0 Å². The average Bonchev–Trinajstić information content (AvgIpc) is 3.36. The van der Waals surface area contributed by atoms with E-state index < -0.39 is 6.10 Å². The van der Waals surface area contributed by atoms with E-state index in [1.54, 1.807) is 0 Å². The average molecular weight is 984 g/mol. The van der Waals surface area contributed by atoms with Gasteiger partial charge in [0.2, 0.25) is 0 Å². The Hall–Kier alpha value is -2.37. The summed E-state index contributed by atoms with van der Waals surface area (Å²) in [6, 6.07) is 0. The molecule has 0 aromatic rings. The standard InChI is InChI=1S/C64H118O6/c1-4-7-10-13-16-19-22-25-28-30-31-32-33-34-37-39-42-45-48-51-54-57-63(66)69-60-61(59-68-62(65)56-53-50-47-44-41-38-35-27-24-21-18-15-12-9-6-3)70-64(67)58-55-52-49-46-43-40-36-29-26-23-20-17-14-11-8-5-2/h22,25,30-31,33-34,61H,4-21,23-24,26-29,32,35-60H2,1-3H3/b25-22-,31-30-,34-33-. The Balaban J connectivity index is 4.34. The Morgan fingerprint density at radius 2 is 0.514 bits per heavy atom. The number of esters is 3. The van der Waals surface area contributed by atoms with Crippen molar-refractivity contribution in [1.82, 2.24) is 0 Å². The van der Waals surface area contributed by atoms with Crippen LogP contribution in [0.4, 0.5) is 0 Å². The fourth-order valence-corrected chi connectivity index (χ4v) is 9.22.